The molecule has 7 nitrogen and oxygen atoms in total. The highest BCUT2D eigenvalue weighted by molar-refractivity contribution is 5.93. The van der Waals surface area contributed by atoms with Crippen LogP contribution in [0.2, 0.25) is 0 Å². The Hall–Kier alpha value is -1.76. The van der Waals surface area contributed by atoms with E-state index in [2.05, 4.69) is 10.3 Å². The lowest BCUT2D eigenvalue weighted by atomic mass is 10.2. The Kier molecular flexibility index (Phi) is 5.44. The second-order valence-electron chi connectivity index (χ2n) is 3.65. The number of carbonyl (C=O) groups is 2. The van der Waals surface area contributed by atoms with Gasteiger partial charge in [-0.1, -0.05) is 5.21 Å². The first-order chi connectivity index (χ1) is 8.56. The van der Waals surface area contributed by atoms with Gasteiger partial charge in [0.15, 0.2) is 11.5 Å². The standard InChI is InChI=1S/C11H17N3O4/c1-4-17-5-6-18-10(16)7-14-8(2)11(9(3)15)12-13-14/h4-7H2,1-3H3. The van der Waals surface area contributed by atoms with Crippen LogP contribution in [0.1, 0.15) is 30.0 Å². The van der Waals surface area contributed by atoms with Crippen LogP contribution in [0.4, 0.5) is 0 Å². The van der Waals surface area contributed by atoms with E-state index in [9.17, 15) is 9.59 Å². The zero-order chi connectivity index (χ0) is 13.5. The molecule has 0 aliphatic carbocycles. The Labute approximate surface area is 105 Å². The molecule has 0 N–H and O–H groups in total. The molecule has 0 bridgehead atoms. The molecule has 1 rings (SSSR count). The molecule has 1 aromatic heterocycles. The fourth-order valence-corrected chi connectivity index (χ4v) is 1.36. The van der Waals surface area contributed by atoms with Crippen LogP contribution in [-0.4, -0.2) is 46.6 Å². The molecule has 0 aliphatic rings. The number of ether oxygens (including phenoxy) is 2. The SMILES string of the molecule is CCOCCOC(=O)Cn1nnc(C(C)=O)c1C. The average molecular weight is 255 g/mol. The number of esters is 1. The van der Waals surface area contributed by atoms with Gasteiger partial charge >= 0.3 is 5.97 Å². The molecule has 1 aromatic rings. The number of Topliss-reactive ketones (excluding diaryl/α,β-unsaturated/α-hetero) is 1. The van der Waals surface area contributed by atoms with Crippen molar-refractivity contribution >= 4 is 11.8 Å². The average Bonchev–Trinajstić information content (AvgIpc) is 2.67. The van der Waals surface area contributed by atoms with Gasteiger partial charge in [0.05, 0.1) is 12.3 Å². The van der Waals surface area contributed by atoms with Crippen molar-refractivity contribution in [1.29, 1.82) is 0 Å². The molecule has 18 heavy (non-hydrogen) atoms. The highest BCUT2D eigenvalue weighted by Gasteiger charge is 2.14. The molecule has 0 amide bonds. The lowest BCUT2D eigenvalue weighted by Gasteiger charge is -2.05. The number of hydrogen-bond acceptors (Lipinski definition) is 6. The second-order valence-corrected chi connectivity index (χ2v) is 3.65. The third-order valence-corrected chi connectivity index (χ3v) is 2.29. The summed E-state index contributed by atoms with van der Waals surface area (Å²) < 4.78 is 11.3. The monoisotopic (exact) mass is 255 g/mol. The molecule has 0 aliphatic heterocycles. The van der Waals surface area contributed by atoms with Crippen molar-refractivity contribution in [2.24, 2.45) is 0 Å². The van der Waals surface area contributed by atoms with Crippen LogP contribution in [0.3, 0.4) is 0 Å². The molecule has 1 heterocycles. The predicted octanol–water partition coefficient (Wildman–Crippen LogP) is 0.369. The minimum atomic E-state index is -0.433. The molecular formula is C11H17N3O4. The number of aromatic nitrogens is 3. The molecule has 0 saturated carbocycles. The summed E-state index contributed by atoms with van der Waals surface area (Å²) >= 11 is 0. The van der Waals surface area contributed by atoms with Crippen LogP contribution in [0.15, 0.2) is 0 Å². The lowest BCUT2D eigenvalue weighted by Crippen LogP contribution is -2.18. The van der Waals surface area contributed by atoms with Crippen molar-refractivity contribution in [3.63, 3.8) is 0 Å². The van der Waals surface area contributed by atoms with Gasteiger partial charge in [-0.15, -0.1) is 5.10 Å². The van der Waals surface area contributed by atoms with E-state index >= 15 is 0 Å². The van der Waals surface area contributed by atoms with Gasteiger partial charge in [-0.25, -0.2) is 4.68 Å². The second kappa shape index (κ2) is 6.85. The largest absolute Gasteiger partial charge is 0.462 e. The molecular weight excluding hydrogens is 238 g/mol. The van der Waals surface area contributed by atoms with Gasteiger partial charge < -0.3 is 9.47 Å². The Bertz CT molecular complexity index is 428. The lowest BCUT2D eigenvalue weighted by molar-refractivity contribution is -0.146. The van der Waals surface area contributed by atoms with Crippen LogP contribution in [0.5, 0.6) is 0 Å². The zero-order valence-corrected chi connectivity index (χ0v) is 10.8. The van der Waals surface area contributed by atoms with Crippen molar-refractivity contribution in [1.82, 2.24) is 15.0 Å². The van der Waals surface area contributed by atoms with Crippen molar-refractivity contribution in [2.75, 3.05) is 19.8 Å². The van der Waals surface area contributed by atoms with Crippen molar-refractivity contribution in [3.05, 3.63) is 11.4 Å². The molecule has 7 heteroatoms. The molecule has 0 aromatic carbocycles. The Balaban J connectivity index is 2.47. The van der Waals surface area contributed by atoms with Gasteiger partial charge in [0, 0.05) is 13.5 Å². The quantitative estimate of drug-likeness (QED) is 0.397. The summed E-state index contributed by atoms with van der Waals surface area (Å²) in [4.78, 5) is 22.6. The summed E-state index contributed by atoms with van der Waals surface area (Å²) in [5.41, 5.74) is 0.835. The maximum absolute atomic E-state index is 11.5. The van der Waals surface area contributed by atoms with E-state index in [1.54, 1.807) is 6.92 Å². The van der Waals surface area contributed by atoms with Gasteiger partial charge in [0.2, 0.25) is 0 Å². The normalized spacial score (nSPS) is 10.4. The fraction of sp³-hybridized carbons (Fsp3) is 0.636. The summed E-state index contributed by atoms with van der Waals surface area (Å²) in [6.07, 6.45) is 0. The first kappa shape index (κ1) is 14.3. The Morgan fingerprint density at radius 2 is 2.06 bits per heavy atom. The van der Waals surface area contributed by atoms with Crippen molar-refractivity contribution < 1.29 is 19.1 Å². The van der Waals surface area contributed by atoms with Gasteiger partial charge in [-0.05, 0) is 13.8 Å². The summed E-state index contributed by atoms with van der Waals surface area (Å²) in [5, 5.41) is 7.44. The number of rotatable bonds is 7. The van der Waals surface area contributed by atoms with E-state index in [0.29, 0.717) is 18.9 Å². The van der Waals surface area contributed by atoms with Crippen LogP contribution in [0.25, 0.3) is 0 Å². The molecule has 100 valence electrons. The Morgan fingerprint density at radius 3 is 2.61 bits per heavy atom. The summed E-state index contributed by atoms with van der Waals surface area (Å²) in [5.74, 6) is -0.610. The fourth-order valence-electron chi connectivity index (χ4n) is 1.36. The van der Waals surface area contributed by atoms with Gasteiger partial charge in [-0.2, -0.15) is 0 Å². The predicted molar refractivity (Wildman–Crippen MR) is 62.2 cm³/mol. The smallest absolute Gasteiger partial charge is 0.327 e. The summed E-state index contributed by atoms with van der Waals surface area (Å²) in [6.45, 7) is 6.06. The van der Waals surface area contributed by atoms with E-state index in [0.717, 1.165) is 0 Å². The third-order valence-electron chi connectivity index (χ3n) is 2.29. The topological polar surface area (TPSA) is 83.3 Å². The Morgan fingerprint density at radius 1 is 1.33 bits per heavy atom. The van der Waals surface area contributed by atoms with Gasteiger partial charge in [-0.3, -0.25) is 9.59 Å². The van der Waals surface area contributed by atoms with E-state index in [4.69, 9.17) is 9.47 Å². The summed E-state index contributed by atoms with van der Waals surface area (Å²) in [7, 11) is 0. The minimum Gasteiger partial charge on any atom is -0.462 e. The molecule has 0 unspecified atom stereocenters. The van der Waals surface area contributed by atoms with Crippen molar-refractivity contribution in [3.8, 4) is 0 Å². The number of carbonyl (C=O) groups excluding carboxylic acids is 2. The van der Waals surface area contributed by atoms with Crippen LogP contribution in [0, 0.1) is 6.92 Å². The van der Waals surface area contributed by atoms with E-state index < -0.39 is 5.97 Å². The van der Waals surface area contributed by atoms with Gasteiger partial charge in [0.1, 0.15) is 13.2 Å². The highest BCUT2D eigenvalue weighted by atomic mass is 16.6. The number of ketones is 1. The minimum absolute atomic E-state index is 0.0573. The van der Waals surface area contributed by atoms with Crippen LogP contribution < -0.4 is 0 Å². The first-order valence-electron chi connectivity index (χ1n) is 5.70. The number of hydrogen-bond donors (Lipinski definition) is 0. The van der Waals surface area contributed by atoms with Gasteiger partial charge in [0.25, 0.3) is 0 Å². The van der Waals surface area contributed by atoms with E-state index in [-0.39, 0.29) is 24.6 Å². The van der Waals surface area contributed by atoms with Crippen LogP contribution in [-0.2, 0) is 20.8 Å². The molecule has 0 spiro atoms. The zero-order valence-electron chi connectivity index (χ0n) is 10.8. The highest BCUT2D eigenvalue weighted by Crippen LogP contribution is 2.04. The number of nitrogens with zero attached hydrogens (tertiary/aromatic N) is 3. The molecule has 0 fully saturated rings. The van der Waals surface area contributed by atoms with Crippen molar-refractivity contribution in [2.45, 2.75) is 27.3 Å². The molecule has 0 radical (unpaired) electrons. The maximum atomic E-state index is 11.5. The van der Waals surface area contributed by atoms with E-state index in [1.165, 1.54) is 11.6 Å². The molecule has 0 saturated heterocycles. The van der Waals surface area contributed by atoms with Crippen LogP contribution >= 0.6 is 0 Å². The van der Waals surface area contributed by atoms with E-state index in [1.807, 2.05) is 6.92 Å². The molecule has 0 atom stereocenters. The first-order valence-corrected chi connectivity index (χ1v) is 5.70. The maximum Gasteiger partial charge on any atom is 0.327 e. The summed E-state index contributed by atoms with van der Waals surface area (Å²) in [6, 6.07) is 0. The third kappa shape index (κ3) is 3.92.